The van der Waals surface area contributed by atoms with Crippen molar-refractivity contribution >= 4 is 29.9 Å². The summed E-state index contributed by atoms with van der Waals surface area (Å²) in [5.74, 6) is 1.71. The second-order valence-corrected chi connectivity index (χ2v) is 4.24. The summed E-state index contributed by atoms with van der Waals surface area (Å²) in [4.78, 5) is 4.18. The summed E-state index contributed by atoms with van der Waals surface area (Å²) in [5.41, 5.74) is 1.13. The molecule has 1 aromatic rings. The maximum atomic E-state index is 5.00. The minimum Gasteiger partial charge on any atom is -0.472 e. The molecule has 2 rings (SSSR count). The van der Waals surface area contributed by atoms with Gasteiger partial charge in [-0.15, -0.1) is 24.0 Å². The number of hydrogen-bond donors (Lipinski definition) is 2. The highest BCUT2D eigenvalue weighted by Crippen LogP contribution is 2.24. The van der Waals surface area contributed by atoms with E-state index in [1.165, 1.54) is 19.3 Å². The van der Waals surface area contributed by atoms with Gasteiger partial charge in [-0.1, -0.05) is 6.42 Å². The minimum absolute atomic E-state index is 0. The first-order chi connectivity index (χ1) is 7.88. The van der Waals surface area contributed by atoms with Crippen molar-refractivity contribution in [3.05, 3.63) is 24.2 Å². The Balaban J connectivity index is 0.00000144. The van der Waals surface area contributed by atoms with Crippen LogP contribution in [0.4, 0.5) is 0 Å². The lowest BCUT2D eigenvalue weighted by atomic mass is 9.85. The van der Waals surface area contributed by atoms with Crippen molar-refractivity contribution in [2.45, 2.75) is 25.8 Å². The molecule has 96 valence electrons. The van der Waals surface area contributed by atoms with Crippen LogP contribution < -0.4 is 10.6 Å². The lowest BCUT2D eigenvalue weighted by Crippen LogP contribution is -2.40. The smallest absolute Gasteiger partial charge is 0.191 e. The number of halogens is 1. The molecule has 1 heterocycles. The summed E-state index contributed by atoms with van der Waals surface area (Å²) in [5, 5.41) is 6.60. The van der Waals surface area contributed by atoms with Gasteiger partial charge in [0.1, 0.15) is 0 Å². The minimum atomic E-state index is 0. The van der Waals surface area contributed by atoms with Crippen molar-refractivity contribution in [1.29, 1.82) is 0 Å². The molecule has 0 atom stereocenters. The summed E-state index contributed by atoms with van der Waals surface area (Å²) >= 11 is 0. The molecular formula is C12H20IN3O. The van der Waals surface area contributed by atoms with Crippen molar-refractivity contribution < 1.29 is 4.42 Å². The van der Waals surface area contributed by atoms with Crippen LogP contribution in [0.2, 0.25) is 0 Å². The second-order valence-electron chi connectivity index (χ2n) is 4.24. The lowest BCUT2D eigenvalue weighted by molar-refractivity contribution is 0.314. The SMILES string of the molecule is CN=C(NCc1ccoc1)NCC1CCC1.I. The van der Waals surface area contributed by atoms with E-state index >= 15 is 0 Å². The van der Waals surface area contributed by atoms with Crippen LogP contribution in [0.15, 0.2) is 28.0 Å². The maximum Gasteiger partial charge on any atom is 0.191 e. The monoisotopic (exact) mass is 349 g/mol. The molecule has 5 heteroatoms. The van der Waals surface area contributed by atoms with Crippen LogP contribution in [0.5, 0.6) is 0 Å². The normalized spacial score (nSPS) is 15.9. The van der Waals surface area contributed by atoms with E-state index < -0.39 is 0 Å². The molecule has 4 nitrogen and oxygen atoms in total. The van der Waals surface area contributed by atoms with Crippen molar-refractivity contribution in [2.75, 3.05) is 13.6 Å². The zero-order valence-corrected chi connectivity index (χ0v) is 12.4. The highest BCUT2D eigenvalue weighted by Gasteiger charge is 2.17. The van der Waals surface area contributed by atoms with Crippen molar-refractivity contribution in [1.82, 2.24) is 10.6 Å². The van der Waals surface area contributed by atoms with Crippen molar-refractivity contribution in [3.63, 3.8) is 0 Å². The molecular weight excluding hydrogens is 329 g/mol. The largest absolute Gasteiger partial charge is 0.472 e. The van der Waals surface area contributed by atoms with Gasteiger partial charge in [-0.25, -0.2) is 0 Å². The molecule has 0 bridgehead atoms. The Labute approximate surface area is 119 Å². The van der Waals surface area contributed by atoms with Gasteiger partial charge < -0.3 is 15.1 Å². The van der Waals surface area contributed by atoms with Gasteiger partial charge in [0.05, 0.1) is 12.5 Å². The second kappa shape index (κ2) is 7.58. The summed E-state index contributed by atoms with van der Waals surface area (Å²) in [6.07, 6.45) is 7.51. The first-order valence-corrected chi connectivity index (χ1v) is 5.84. The quantitative estimate of drug-likeness (QED) is 0.499. The molecule has 1 saturated carbocycles. The number of rotatable bonds is 4. The molecule has 2 N–H and O–H groups in total. The predicted octanol–water partition coefficient (Wildman–Crippen LogP) is 2.36. The Kier molecular flexibility index (Phi) is 6.39. The molecule has 0 spiro atoms. The highest BCUT2D eigenvalue weighted by molar-refractivity contribution is 14.0. The molecule has 1 fully saturated rings. The molecule has 1 aromatic heterocycles. The maximum absolute atomic E-state index is 5.00. The summed E-state index contributed by atoms with van der Waals surface area (Å²) in [6, 6.07) is 1.95. The van der Waals surface area contributed by atoms with Gasteiger partial charge in [-0.3, -0.25) is 4.99 Å². The van der Waals surface area contributed by atoms with Crippen LogP contribution in [0.3, 0.4) is 0 Å². The molecule has 17 heavy (non-hydrogen) atoms. The molecule has 1 aliphatic carbocycles. The summed E-state index contributed by atoms with van der Waals surface area (Å²) in [6.45, 7) is 1.78. The number of aliphatic imine (C=N–C) groups is 1. The number of nitrogens with zero attached hydrogens (tertiary/aromatic N) is 1. The fourth-order valence-corrected chi connectivity index (χ4v) is 1.74. The van der Waals surface area contributed by atoms with Gasteiger partial charge in [0.25, 0.3) is 0 Å². The predicted molar refractivity (Wildman–Crippen MR) is 79.7 cm³/mol. The van der Waals surface area contributed by atoms with Gasteiger partial charge in [0, 0.05) is 25.7 Å². The highest BCUT2D eigenvalue weighted by atomic mass is 127. The number of nitrogens with one attached hydrogen (secondary N) is 2. The average Bonchev–Trinajstić information content (AvgIpc) is 2.73. The van der Waals surface area contributed by atoms with Gasteiger partial charge >= 0.3 is 0 Å². The number of hydrogen-bond acceptors (Lipinski definition) is 2. The zero-order valence-electron chi connectivity index (χ0n) is 10.1. The molecule has 0 saturated heterocycles. The third kappa shape index (κ3) is 4.57. The van der Waals surface area contributed by atoms with E-state index in [2.05, 4.69) is 15.6 Å². The molecule has 0 aliphatic heterocycles. The van der Waals surface area contributed by atoms with E-state index in [4.69, 9.17) is 4.42 Å². The number of guanidine groups is 1. The fourth-order valence-electron chi connectivity index (χ4n) is 1.74. The Bertz CT molecular complexity index is 334. The van der Waals surface area contributed by atoms with Gasteiger partial charge in [-0.2, -0.15) is 0 Å². The van der Waals surface area contributed by atoms with Gasteiger partial charge in [-0.05, 0) is 24.8 Å². The molecule has 0 aromatic carbocycles. The Morgan fingerprint density at radius 3 is 2.82 bits per heavy atom. The fraction of sp³-hybridized carbons (Fsp3) is 0.583. The first-order valence-electron chi connectivity index (χ1n) is 5.84. The van der Waals surface area contributed by atoms with Gasteiger partial charge in [0.15, 0.2) is 5.96 Å². The van der Waals surface area contributed by atoms with Crippen LogP contribution in [-0.4, -0.2) is 19.6 Å². The van der Waals surface area contributed by atoms with E-state index in [1.54, 1.807) is 19.6 Å². The zero-order chi connectivity index (χ0) is 11.2. The Hall–Kier alpha value is -0.720. The van der Waals surface area contributed by atoms with Crippen LogP contribution in [-0.2, 0) is 6.54 Å². The average molecular weight is 349 g/mol. The summed E-state index contributed by atoms with van der Waals surface area (Å²) in [7, 11) is 1.80. The molecule has 0 unspecified atom stereocenters. The van der Waals surface area contributed by atoms with Crippen LogP contribution in [0.1, 0.15) is 24.8 Å². The van der Waals surface area contributed by atoms with Crippen molar-refractivity contribution in [3.8, 4) is 0 Å². The molecule has 1 aliphatic rings. The first kappa shape index (κ1) is 14.3. The summed E-state index contributed by atoms with van der Waals surface area (Å²) < 4.78 is 5.00. The van der Waals surface area contributed by atoms with Crippen LogP contribution in [0.25, 0.3) is 0 Å². The third-order valence-electron chi connectivity index (χ3n) is 3.05. The lowest BCUT2D eigenvalue weighted by Gasteiger charge is -2.26. The van der Waals surface area contributed by atoms with E-state index in [0.717, 1.165) is 30.5 Å². The molecule has 0 amide bonds. The van der Waals surface area contributed by atoms with E-state index in [-0.39, 0.29) is 24.0 Å². The topological polar surface area (TPSA) is 49.6 Å². The van der Waals surface area contributed by atoms with Crippen LogP contribution >= 0.6 is 24.0 Å². The standard InChI is InChI=1S/C12H19N3O.HI/c1-13-12(14-7-10-3-2-4-10)15-8-11-5-6-16-9-11;/h5-6,9-10H,2-4,7-8H2,1H3,(H2,13,14,15);1H. The van der Waals surface area contributed by atoms with E-state index in [9.17, 15) is 0 Å². The van der Waals surface area contributed by atoms with Gasteiger partial charge in [0.2, 0.25) is 0 Å². The molecule has 0 radical (unpaired) electrons. The Morgan fingerprint density at radius 1 is 1.47 bits per heavy atom. The number of furan rings is 1. The Morgan fingerprint density at radius 2 is 2.29 bits per heavy atom. The third-order valence-corrected chi connectivity index (χ3v) is 3.05. The van der Waals surface area contributed by atoms with E-state index in [1.807, 2.05) is 6.07 Å². The van der Waals surface area contributed by atoms with Crippen molar-refractivity contribution in [2.24, 2.45) is 10.9 Å². The van der Waals surface area contributed by atoms with Crippen LogP contribution in [0, 0.1) is 5.92 Å². The van der Waals surface area contributed by atoms with E-state index in [0.29, 0.717) is 0 Å².